The molecule has 28 heavy (non-hydrogen) atoms. The lowest BCUT2D eigenvalue weighted by atomic mass is 10.1. The van der Waals surface area contributed by atoms with Gasteiger partial charge in [-0.3, -0.25) is 4.79 Å². The fraction of sp³-hybridized carbons (Fsp3) is 0.174. The van der Waals surface area contributed by atoms with E-state index in [1.807, 2.05) is 60.3 Å². The number of nitrogens with zero attached hydrogens (tertiary/aromatic N) is 3. The Labute approximate surface area is 164 Å². The lowest BCUT2D eigenvalue weighted by Gasteiger charge is -2.02. The second-order valence-corrected chi connectivity index (χ2v) is 6.45. The number of carbonyl (C=O) groups excluding carboxylic acids is 1. The Balaban J connectivity index is 1.48. The number of amides is 1. The van der Waals surface area contributed by atoms with Gasteiger partial charge < -0.3 is 5.32 Å². The van der Waals surface area contributed by atoms with Crippen molar-refractivity contribution in [2.45, 2.75) is 19.8 Å². The normalized spacial score (nSPS) is 10.7. The number of nitrogens with one attached hydrogen (secondary N) is 1. The SMILES string of the molecule is Cc1nn(-c2ccccc2)cc1CCCNC(=O)/C=C/c1ccccc1C#N. The molecule has 2 aromatic carbocycles. The molecule has 0 radical (unpaired) electrons. The zero-order valence-corrected chi connectivity index (χ0v) is 15.8. The second kappa shape index (κ2) is 9.33. The maximum absolute atomic E-state index is 12.0. The maximum Gasteiger partial charge on any atom is 0.243 e. The van der Waals surface area contributed by atoms with Gasteiger partial charge in [-0.25, -0.2) is 4.68 Å². The molecule has 0 aliphatic carbocycles. The zero-order chi connectivity index (χ0) is 19.8. The Kier molecular flexibility index (Phi) is 6.37. The lowest BCUT2D eigenvalue weighted by Crippen LogP contribution is -2.22. The van der Waals surface area contributed by atoms with E-state index in [9.17, 15) is 4.79 Å². The van der Waals surface area contributed by atoms with Gasteiger partial charge in [-0.15, -0.1) is 0 Å². The van der Waals surface area contributed by atoms with Gasteiger partial charge in [-0.05, 0) is 55.2 Å². The fourth-order valence-corrected chi connectivity index (χ4v) is 2.91. The minimum atomic E-state index is -0.163. The summed E-state index contributed by atoms with van der Waals surface area (Å²) in [6, 6.07) is 19.3. The van der Waals surface area contributed by atoms with E-state index < -0.39 is 0 Å². The van der Waals surface area contributed by atoms with Crippen molar-refractivity contribution < 1.29 is 4.79 Å². The van der Waals surface area contributed by atoms with Crippen molar-refractivity contribution >= 4 is 12.0 Å². The molecule has 140 valence electrons. The van der Waals surface area contributed by atoms with Crippen LogP contribution in [0, 0.1) is 18.3 Å². The first-order valence-electron chi connectivity index (χ1n) is 9.23. The number of para-hydroxylation sites is 1. The van der Waals surface area contributed by atoms with Crippen LogP contribution in [0.2, 0.25) is 0 Å². The van der Waals surface area contributed by atoms with Crippen LogP contribution in [0.3, 0.4) is 0 Å². The standard InChI is InChI=1S/C23H22N4O/c1-18-21(17-27(26-18)22-11-3-2-4-12-22)10-7-15-25-23(28)14-13-19-8-5-6-9-20(19)16-24/h2-6,8-9,11-14,17H,7,10,15H2,1H3,(H,25,28)/b14-13+. The molecule has 0 unspecified atom stereocenters. The number of hydrogen-bond acceptors (Lipinski definition) is 3. The molecule has 1 N–H and O–H groups in total. The highest BCUT2D eigenvalue weighted by atomic mass is 16.1. The Hall–Kier alpha value is -3.65. The monoisotopic (exact) mass is 370 g/mol. The summed E-state index contributed by atoms with van der Waals surface area (Å²) >= 11 is 0. The number of aromatic nitrogens is 2. The van der Waals surface area contributed by atoms with Gasteiger partial charge in [0.05, 0.1) is 23.0 Å². The number of hydrogen-bond donors (Lipinski definition) is 1. The van der Waals surface area contributed by atoms with Gasteiger partial charge in [-0.2, -0.15) is 10.4 Å². The highest BCUT2D eigenvalue weighted by molar-refractivity contribution is 5.92. The molecule has 0 spiro atoms. The summed E-state index contributed by atoms with van der Waals surface area (Å²) in [4.78, 5) is 12.0. The molecule has 5 nitrogen and oxygen atoms in total. The minimum absolute atomic E-state index is 0.163. The van der Waals surface area contributed by atoms with E-state index in [1.165, 1.54) is 11.6 Å². The van der Waals surface area contributed by atoms with Crippen molar-refractivity contribution in [3.63, 3.8) is 0 Å². The predicted molar refractivity (Wildman–Crippen MR) is 110 cm³/mol. The quantitative estimate of drug-likeness (QED) is 0.508. The smallest absolute Gasteiger partial charge is 0.243 e. The molecule has 0 fully saturated rings. The van der Waals surface area contributed by atoms with Crippen molar-refractivity contribution in [1.82, 2.24) is 15.1 Å². The van der Waals surface area contributed by atoms with Crippen LogP contribution in [0.4, 0.5) is 0 Å². The van der Waals surface area contributed by atoms with Crippen LogP contribution in [0.25, 0.3) is 11.8 Å². The largest absolute Gasteiger partial charge is 0.353 e. The van der Waals surface area contributed by atoms with E-state index in [0.717, 1.165) is 29.8 Å². The number of benzene rings is 2. The fourth-order valence-electron chi connectivity index (χ4n) is 2.91. The van der Waals surface area contributed by atoms with Gasteiger partial charge in [0.1, 0.15) is 0 Å². The number of carbonyl (C=O) groups is 1. The summed E-state index contributed by atoms with van der Waals surface area (Å²) in [5.74, 6) is -0.163. The third-order valence-corrected chi connectivity index (χ3v) is 4.44. The average molecular weight is 370 g/mol. The van der Waals surface area contributed by atoms with Crippen molar-refractivity contribution in [2.75, 3.05) is 6.54 Å². The Bertz CT molecular complexity index is 1010. The third kappa shape index (κ3) is 4.95. The van der Waals surface area contributed by atoms with Crippen LogP contribution < -0.4 is 5.32 Å². The predicted octanol–water partition coefficient (Wildman–Crippen LogP) is 3.81. The molecule has 0 bridgehead atoms. The van der Waals surface area contributed by atoms with Gasteiger partial charge in [0.15, 0.2) is 0 Å². The van der Waals surface area contributed by atoms with Crippen LogP contribution in [0.1, 0.15) is 28.8 Å². The molecule has 1 heterocycles. The Morgan fingerprint density at radius 1 is 1.18 bits per heavy atom. The molecule has 0 aliphatic heterocycles. The van der Waals surface area contributed by atoms with Gasteiger partial charge in [0, 0.05) is 18.8 Å². The molecule has 0 aliphatic rings. The van der Waals surface area contributed by atoms with Gasteiger partial charge >= 0.3 is 0 Å². The van der Waals surface area contributed by atoms with Crippen LogP contribution >= 0.6 is 0 Å². The molecule has 5 heteroatoms. The molecule has 0 atom stereocenters. The highest BCUT2D eigenvalue weighted by Gasteiger charge is 2.06. The van der Waals surface area contributed by atoms with E-state index >= 15 is 0 Å². The molecular formula is C23H22N4O. The van der Waals surface area contributed by atoms with Crippen LogP contribution in [-0.4, -0.2) is 22.2 Å². The molecule has 1 aromatic heterocycles. The molecule has 1 amide bonds. The van der Waals surface area contributed by atoms with E-state index in [2.05, 4.69) is 16.5 Å². The first-order chi connectivity index (χ1) is 13.7. The molecule has 0 saturated heterocycles. The molecule has 3 aromatic rings. The van der Waals surface area contributed by atoms with Crippen molar-refractivity contribution in [2.24, 2.45) is 0 Å². The number of nitriles is 1. The number of rotatable bonds is 7. The average Bonchev–Trinajstić information content (AvgIpc) is 3.11. The second-order valence-electron chi connectivity index (χ2n) is 6.45. The number of aryl methyl sites for hydroxylation is 2. The third-order valence-electron chi connectivity index (χ3n) is 4.44. The minimum Gasteiger partial charge on any atom is -0.353 e. The lowest BCUT2D eigenvalue weighted by molar-refractivity contribution is -0.116. The first kappa shape index (κ1) is 19.1. The molecule has 3 rings (SSSR count). The van der Waals surface area contributed by atoms with Gasteiger partial charge in [0.2, 0.25) is 5.91 Å². The summed E-state index contributed by atoms with van der Waals surface area (Å²) in [6.07, 6.45) is 6.86. The Morgan fingerprint density at radius 2 is 1.93 bits per heavy atom. The van der Waals surface area contributed by atoms with Crippen LogP contribution in [-0.2, 0) is 11.2 Å². The highest BCUT2D eigenvalue weighted by Crippen LogP contribution is 2.13. The Morgan fingerprint density at radius 3 is 2.71 bits per heavy atom. The van der Waals surface area contributed by atoms with E-state index in [4.69, 9.17) is 5.26 Å². The summed E-state index contributed by atoms with van der Waals surface area (Å²) < 4.78 is 1.89. The van der Waals surface area contributed by atoms with E-state index in [-0.39, 0.29) is 5.91 Å². The van der Waals surface area contributed by atoms with Crippen molar-refractivity contribution in [3.8, 4) is 11.8 Å². The van der Waals surface area contributed by atoms with Gasteiger partial charge in [-0.1, -0.05) is 36.4 Å². The molecular weight excluding hydrogens is 348 g/mol. The maximum atomic E-state index is 12.0. The van der Waals surface area contributed by atoms with E-state index in [1.54, 1.807) is 18.2 Å². The van der Waals surface area contributed by atoms with Crippen molar-refractivity contribution in [1.29, 1.82) is 5.26 Å². The molecule has 0 saturated carbocycles. The van der Waals surface area contributed by atoms with E-state index in [0.29, 0.717) is 12.1 Å². The van der Waals surface area contributed by atoms with Crippen LogP contribution in [0.15, 0.2) is 66.9 Å². The van der Waals surface area contributed by atoms with Crippen molar-refractivity contribution in [3.05, 3.63) is 89.3 Å². The zero-order valence-electron chi connectivity index (χ0n) is 15.8. The first-order valence-corrected chi connectivity index (χ1v) is 9.23. The van der Waals surface area contributed by atoms with Crippen LogP contribution in [0.5, 0.6) is 0 Å². The van der Waals surface area contributed by atoms with Gasteiger partial charge in [0.25, 0.3) is 0 Å². The summed E-state index contributed by atoms with van der Waals surface area (Å²) in [5.41, 5.74) is 4.51. The summed E-state index contributed by atoms with van der Waals surface area (Å²) in [5, 5.41) is 16.5. The summed E-state index contributed by atoms with van der Waals surface area (Å²) in [6.45, 7) is 2.59. The summed E-state index contributed by atoms with van der Waals surface area (Å²) in [7, 11) is 0. The topological polar surface area (TPSA) is 70.7 Å².